The fourth-order valence-electron chi connectivity index (χ4n) is 5.73. The van der Waals surface area contributed by atoms with Crippen molar-refractivity contribution in [1.82, 2.24) is 9.80 Å². The van der Waals surface area contributed by atoms with Gasteiger partial charge in [0.2, 0.25) is 0 Å². The summed E-state index contributed by atoms with van der Waals surface area (Å²) >= 11 is 4.37. The number of hydrogen-bond acceptors (Lipinski definition) is 5. The Labute approximate surface area is 272 Å². The van der Waals surface area contributed by atoms with Gasteiger partial charge in [-0.3, -0.25) is 4.90 Å². The van der Waals surface area contributed by atoms with Crippen LogP contribution in [-0.2, 0) is 0 Å². The maximum atomic E-state index is 10.6. The van der Waals surface area contributed by atoms with Gasteiger partial charge >= 0.3 is 0 Å². The van der Waals surface area contributed by atoms with Gasteiger partial charge in [0.1, 0.15) is 6.23 Å². The number of thioether (sulfide) groups is 2. The van der Waals surface area contributed by atoms with E-state index in [1.165, 1.54) is 151 Å². The fourth-order valence-corrected chi connectivity index (χ4v) is 8.40. The average molecular weight is 625 g/mol. The van der Waals surface area contributed by atoms with Gasteiger partial charge in [-0.05, 0) is 77.0 Å². The van der Waals surface area contributed by atoms with Gasteiger partial charge in [-0.1, -0.05) is 115 Å². The van der Waals surface area contributed by atoms with Gasteiger partial charge in [-0.2, -0.15) is 23.5 Å². The van der Waals surface area contributed by atoms with E-state index in [9.17, 15) is 5.11 Å². The number of hydrogen-bond donors (Lipinski definition) is 1. The fraction of sp³-hybridized carbons (Fsp3) is 0.892. The smallest absolute Gasteiger partial charge is 0.120 e. The summed E-state index contributed by atoms with van der Waals surface area (Å²) < 4.78 is 0. The predicted octanol–water partition coefficient (Wildman–Crippen LogP) is 10.6. The van der Waals surface area contributed by atoms with E-state index in [1.807, 2.05) is 0 Å². The van der Waals surface area contributed by atoms with Gasteiger partial charge in [0.05, 0.1) is 0 Å². The zero-order chi connectivity index (χ0) is 30.6. The molecule has 1 N–H and O–H groups in total. The third-order valence-corrected chi connectivity index (χ3v) is 11.2. The van der Waals surface area contributed by atoms with E-state index in [0.29, 0.717) is 5.41 Å². The molecule has 1 fully saturated rings. The Morgan fingerprint density at radius 1 is 0.619 bits per heavy atom. The van der Waals surface area contributed by atoms with Crippen LogP contribution in [0.3, 0.4) is 0 Å². The summed E-state index contributed by atoms with van der Waals surface area (Å²) in [6.07, 6.45) is 36.3. The van der Waals surface area contributed by atoms with Crippen molar-refractivity contribution >= 4 is 23.5 Å². The second-order valence-electron chi connectivity index (χ2n) is 13.3. The van der Waals surface area contributed by atoms with E-state index < -0.39 is 0 Å². The first kappa shape index (κ1) is 40.1. The van der Waals surface area contributed by atoms with E-state index in [1.54, 1.807) is 0 Å². The zero-order valence-electron chi connectivity index (χ0n) is 28.6. The molecule has 0 amide bonds. The molecule has 5 heteroatoms. The summed E-state index contributed by atoms with van der Waals surface area (Å²) in [7, 11) is 4.11. The number of allylic oxidation sites excluding steroid dienone is 4. The predicted molar refractivity (Wildman–Crippen MR) is 195 cm³/mol. The van der Waals surface area contributed by atoms with Gasteiger partial charge in [-0.25, -0.2) is 0 Å². The largest absolute Gasteiger partial charge is 0.377 e. The van der Waals surface area contributed by atoms with Crippen LogP contribution in [0.1, 0.15) is 142 Å². The molecule has 0 radical (unpaired) electrons. The molecule has 0 saturated carbocycles. The van der Waals surface area contributed by atoms with Crippen molar-refractivity contribution in [3.05, 3.63) is 24.3 Å². The minimum Gasteiger partial charge on any atom is -0.377 e. The van der Waals surface area contributed by atoms with Crippen LogP contribution in [-0.4, -0.2) is 77.9 Å². The van der Waals surface area contributed by atoms with E-state index >= 15 is 0 Å². The van der Waals surface area contributed by atoms with Crippen LogP contribution in [0.2, 0.25) is 0 Å². The molecule has 1 aliphatic rings. The molecule has 0 spiro atoms. The lowest BCUT2D eigenvalue weighted by Gasteiger charge is -2.52. The molecule has 1 saturated heterocycles. The quantitative estimate of drug-likeness (QED) is 0.0612. The highest BCUT2D eigenvalue weighted by Crippen LogP contribution is 2.38. The van der Waals surface area contributed by atoms with Gasteiger partial charge in [0.15, 0.2) is 0 Å². The highest BCUT2D eigenvalue weighted by Gasteiger charge is 2.44. The third kappa shape index (κ3) is 22.6. The zero-order valence-corrected chi connectivity index (χ0v) is 30.3. The van der Waals surface area contributed by atoms with Gasteiger partial charge < -0.3 is 10.0 Å². The number of aliphatic hydroxyl groups excluding tert-OH is 1. The number of likely N-dealkylation sites (tertiary alicyclic amines) is 1. The molecule has 3 nitrogen and oxygen atoms in total. The number of rotatable bonds is 31. The van der Waals surface area contributed by atoms with Gasteiger partial charge in [0, 0.05) is 36.6 Å². The van der Waals surface area contributed by atoms with Gasteiger partial charge in [0.25, 0.3) is 0 Å². The summed E-state index contributed by atoms with van der Waals surface area (Å²) in [6.45, 7) is 7.41. The van der Waals surface area contributed by atoms with Gasteiger partial charge in [-0.15, -0.1) is 0 Å². The van der Waals surface area contributed by atoms with Crippen LogP contribution in [0, 0.1) is 5.41 Å². The van der Waals surface area contributed by atoms with Crippen molar-refractivity contribution in [2.75, 3.05) is 56.7 Å². The number of unbranched alkanes of at least 4 members (excludes halogenated alkanes) is 16. The monoisotopic (exact) mass is 625 g/mol. The number of nitrogens with zero attached hydrogens (tertiary/aromatic N) is 2. The van der Waals surface area contributed by atoms with E-state index in [0.717, 1.165) is 19.6 Å². The molecular formula is C37H72N2OS2. The first-order valence-corrected chi connectivity index (χ1v) is 20.4. The molecule has 42 heavy (non-hydrogen) atoms. The SMILES string of the molecule is CCCC/C=C\CCCCCCCCSCC1(CSCCCCCCCC/C=C\CCCC)CN(C(O)CN(C)C)C1. The van der Waals surface area contributed by atoms with Crippen molar-refractivity contribution in [2.24, 2.45) is 5.41 Å². The first-order chi connectivity index (χ1) is 20.5. The highest BCUT2D eigenvalue weighted by molar-refractivity contribution is 8.00. The summed E-state index contributed by atoms with van der Waals surface area (Å²) in [5.41, 5.74) is 0.401. The summed E-state index contributed by atoms with van der Waals surface area (Å²) in [5.74, 6) is 5.15. The lowest BCUT2D eigenvalue weighted by atomic mass is 9.83. The normalized spacial score (nSPS) is 16.2. The second-order valence-corrected chi connectivity index (χ2v) is 15.5. The molecule has 248 valence electrons. The average Bonchev–Trinajstić information content (AvgIpc) is 2.94. The standard InChI is InChI=1S/C37H72N2OS2/c1-5-7-9-11-13-15-17-19-21-23-25-27-29-41-34-37(32-39(33-37)36(40)31-38(3)4)35-42-30-28-26-24-22-20-18-16-14-12-10-8-6-2/h11-14,36,40H,5-10,15-35H2,1-4H3/b13-11-,14-12-. The molecule has 1 aliphatic heterocycles. The Morgan fingerprint density at radius 2 is 1.00 bits per heavy atom. The molecule has 1 heterocycles. The van der Waals surface area contributed by atoms with Crippen molar-refractivity contribution in [2.45, 2.75) is 148 Å². The van der Waals surface area contributed by atoms with Crippen LogP contribution in [0.25, 0.3) is 0 Å². The lowest BCUT2D eigenvalue weighted by Crippen LogP contribution is -2.63. The molecule has 0 bridgehead atoms. The Morgan fingerprint density at radius 3 is 1.40 bits per heavy atom. The molecular weight excluding hydrogens is 553 g/mol. The first-order valence-electron chi connectivity index (χ1n) is 18.1. The lowest BCUT2D eigenvalue weighted by molar-refractivity contribution is -0.1000. The summed E-state index contributed by atoms with van der Waals surface area (Å²) in [6, 6.07) is 0. The Kier molecular flexibility index (Phi) is 27.2. The number of likely N-dealkylation sites (N-methyl/N-ethyl adjacent to an activating group) is 1. The van der Waals surface area contributed by atoms with Crippen molar-refractivity contribution in [1.29, 1.82) is 0 Å². The van der Waals surface area contributed by atoms with E-state index in [2.05, 4.69) is 85.6 Å². The van der Waals surface area contributed by atoms with Crippen molar-refractivity contribution in [3.8, 4) is 0 Å². The maximum absolute atomic E-state index is 10.6. The second kappa shape index (κ2) is 28.5. The van der Waals surface area contributed by atoms with Crippen LogP contribution < -0.4 is 0 Å². The summed E-state index contributed by atoms with van der Waals surface area (Å²) in [4.78, 5) is 4.40. The molecule has 1 atom stereocenters. The molecule has 1 unspecified atom stereocenters. The minimum absolute atomic E-state index is 0.318. The topological polar surface area (TPSA) is 26.7 Å². The Balaban J connectivity index is 2.14. The number of aliphatic hydroxyl groups is 1. The molecule has 0 aliphatic carbocycles. The van der Waals surface area contributed by atoms with Crippen LogP contribution in [0.5, 0.6) is 0 Å². The summed E-state index contributed by atoms with van der Waals surface area (Å²) in [5, 5.41) is 10.6. The van der Waals surface area contributed by atoms with Crippen molar-refractivity contribution in [3.63, 3.8) is 0 Å². The maximum Gasteiger partial charge on any atom is 0.120 e. The third-order valence-electron chi connectivity index (χ3n) is 8.44. The van der Waals surface area contributed by atoms with E-state index in [-0.39, 0.29) is 6.23 Å². The van der Waals surface area contributed by atoms with E-state index in [4.69, 9.17) is 0 Å². The molecule has 0 aromatic rings. The van der Waals surface area contributed by atoms with Crippen LogP contribution in [0.4, 0.5) is 0 Å². The minimum atomic E-state index is -0.318. The molecule has 0 aromatic heterocycles. The Hall–Kier alpha value is 0.0600. The van der Waals surface area contributed by atoms with Crippen molar-refractivity contribution < 1.29 is 5.11 Å². The molecule has 0 aromatic carbocycles. The molecule has 1 rings (SSSR count). The van der Waals surface area contributed by atoms with Crippen LogP contribution in [0.15, 0.2) is 24.3 Å². The highest BCUT2D eigenvalue weighted by atomic mass is 32.2. The van der Waals surface area contributed by atoms with Crippen LogP contribution >= 0.6 is 23.5 Å². The Bertz CT molecular complexity index is 593.